The maximum absolute atomic E-state index is 14.2. The smallest absolute Gasteiger partial charge is 0.248 e. The zero-order valence-corrected chi connectivity index (χ0v) is 28.0. The van der Waals surface area contributed by atoms with Crippen LogP contribution >= 0.6 is 15.9 Å². The number of piperidine rings is 1. The Morgan fingerprint density at radius 3 is 2.52 bits per heavy atom. The lowest BCUT2D eigenvalue weighted by Crippen LogP contribution is -2.47. The van der Waals surface area contributed by atoms with Crippen molar-refractivity contribution < 1.29 is 23.9 Å². The molecule has 1 N–H and O–H groups in total. The fraction of sp³-hybridized carbons (Fsp3) is 0.424. The third-order valence-electron chi connectivity index (χ3n) is 8.90. The molecule has 3 atom stereocenters. The molecule has 3 aromatic heterocycles. The van der Waals surface area contributed by atoms with Gasteiger partial charge in [0.1, 0.15) is 34.5 Å². The number of pyridine rings is 1. The second-order valence-corrected chi connectivity index (χ2v) is 13.0. The Bertz CT molecular complexity index is 1840. The van der Waals surface area contributed by atoms with Gasteiger partial charge in [0.05, 0.1) is 25.3 Å². The van der Waals surface area contributed by atoms with Crippen molar-refractivity contribution in [3.05, 3.63) is 63.9 Å². The molecule has 46 heavy (non-hydrogen) atoms. The first-order valence-electron chi connectivity index (χ1n) is 15.1. The SMILES string of the molecule is COCCOC[C@@]12C[C@@H](C(=O)Nc3nc(Br)ccc3C)N(C(=O)Cn3nc(C(C)=O)c4cc(-c5cnc(C)nc5)cc(C)c43)[C@@H]1C2. The summed E-state index contributed by atoms with van der Waals surface area (Å²) in [5.41, 5.74) is 3.97. The first kappa shape index (κ1) is 31.9. The maximum atomic E-state index is 14.2. The Morgan fingerprint density at radius 2 is 1.80 bits per heavy atom. The predicted molar refractivity (Wildman–Crippen MR) is 174 cm³/mol. The number of fused-ring (bicyclic) bond motifs is 2. The molecule has 12 nitrogen and oxygen atoms in total. The highest BCUT2D eigenvalue weighted by Gasteiger charge is 2.67. The quantitative estimate of drug-likeness (QED) is 0.137. The van der Waals surface area contributed by atoms with E-state index < -0.39 is 6.04 Å². The summed E-state index contributed by atoms with van der Waals surface area (Å²) in [6, 6.07) is 6.66. The van der Waals surface area contributed by atoms with E-state index in [2.05, 4.69) is 41.3 Å². The lowest BCUT2D eigenvalue weighted by Gasteiger charge is -2.27. The van der Waals surface area contributed by atoms with Gasteiger partial charge in [-0.05, 0) is 84.4 Å². The van der Waals surface area contributed by atoms with Gasteiger partial charge in [0.25, 0.3) is 0 Å². The molecule has 4 heterocycles. The summed E-state index contributed by atoms with van der Waals surface area (Å²) in [6.45, 7) is 8.26. The van der Waals surface area contributed by atoms with E-state index in [0.29, 0.717) is 53.4 Å². The number of halogens is 1. The van der Waals surface area contributed by atoms with E-state index in [-0.39, 0.29) is 41.3 Å². The highest BCUT2D eigenvalue weighted by molar-refractivity contribution is 9.10. The molecule has 0 bridgehead atoms. The fourth-order valence-corrected chi connectivity index (χ4v) is 6.80. The number of amides is 2. The minimum absolute atomic E-state index is 0.132. The standard InChI is InChI=1S/C33H36BrN7O5/c1-18-6-7-27(34)37-31(18)38-32(44)25-12-33(17-46-9-8-45-5)13-26(33)41(25)28(43)16-40-30-19(2)10-22(23-14-35-21(4)36-15-23)11-24(30)29(39-40)20(3)42/h6-7,10-11,14-15,25-26H,8-9,12-13,16-17H2,1-5H3,(H,37,38,44)/t25-,26+,33-/m0/s1. The molecule has 1 aliphatic heterocycles. The van der Waals surface area contributed by atoms with Crippen LogP contribution in [0.25, 0.3) is 22.0 Å². The number of nitrogens with zero attached hydrogens (tertiary/aromatic N) is 6. The topological polar surface area (TPSA) is 141 Å². The van der Waals surface area contributed by atoms with Gasteiger partial charge in [0.15, 0.2) is 5.78 Å². The maximum Gasteiger partial charge on any atom is 0.248 e. The number of carbonyl (C=O) groups excluding carboxylic acids is 3. The highest BCUT2D eigenvalue weighted by Crippen LogP contribution is 2.60. The number of aryl methyl sites for hydroxylation is 3. The van der Waals surface area contributed by atoms with Gasteiger partial charge in [0.2, 0.25) is 11.8 Å². The Balaban J connectivity index is 1.31. The highest BCUT2D eigenvalue weighted by atomic mass is 79.9. The lowest BCUT2D eigenvalue weighted by atomic mass is 10.00. The van der Waals surface area contributed by atoms with E-state index >= 15 is 0 Å². The summed E-state index contributed by atoms with van der Waals surface area (Å²) in [4.78, 5) is 55.5. The summed E-state index contributed by atoms with van der Waals surface area (Å²) in [7, 11) is 1.62. The number of ether oxygens (including phenoxy) is 2. The minimum Gasteiger partial charge on any atom is -0.382 e. The molecule has 0 radical (unpaired) electrons. The molecule has 0 spiro atoms. The summed E-state index contributed by atoms with van der Waals surface area (Å²) >= 11 is 3.37. The van der Waals surface area contributed by atoms with Gasteiger partial charge in [0, 0.05) is 48.8 Å². The molecule has 4 aromatic rings. The third kappa shape index (κ3) is 6.06. The zero-order valence-electron chi connectivity index (χ0n) is 26.5. The molecule has 0 unspecified atom stereocenters. The van der Waals surface area contributed by atoms with E-state index in [1.54, 1.807) is 35.2 Å². The molecular formula is C33H36BrN7O5. The van der Waals surface area contributed by atoms with Crippen LogP contribution in [-0.4, -0.2) is 86.2 Å². The number of Topliss-reactive ketones (excluding diaryl/α,β-unsaturated/α-hetero) is 1. The van der Waals surface area contributed by atoms with Gasteiger partial charge < -0.3 is 19.7 Å². The molecule has 6 rings (SSSR count). The van der Waals surface area contributed by atoms with Crippen LogP contribution in [0.2, 0.25) is 0 Å². The molecule has 1 aromatic carbocycles. The zero-order chi connectivity index (χ0) is 32.7. The van der Waals surface area contributed by atoms with Crippen LogP contribution in [0.1, 0.15) is 47.2 Å². The normalized spacial score (nSPS) is 20.2. The number of ketones is 1. The summed E-state index contributed by atoms with van der Waals surface area (Å²) in [5, 5.41) is 8.22. The van der Waals surface area contributed by atoms with Crippen molar-refractivity contribution >= 4 is 50.2 Å². The average Bonchev–Trinajstić information content (AvgIpc) is 3.42. The van der Waals surface area contributed by atoms with Crippen molar-refractivity contribution in [2.75, 3.05) is 32.2 Å². The summed E-state index contributed by atoms with van der Waals surface area (Å²) < 4.78 is 13.2. The second kappa shape index (κ2) is 12.6. The summed E-state index contributed by atoms with van der Waals surface area (Å²) in [6.07, 6.45) is 4.70. The first-order chi connectivity index (χ1) is 22.0. The number of anilines is 1. The number of rotatable bonds is 11. The van der Waals surface area contributed by atoms with Gasteiger partial charge in [-0.15, -0.1) is 0 Å². The van der Waals surface area contributed by atoms with Crippen molar-refractivity contribution in [2.45, 2.75) is 59.2 Å². The van der Waals surface area contributed by atoms with Crippen LogP contribution in [0.15, 0.2) is 41.3 Å². The van der Waals surface area contributed by atoms with Gasteiger partial charge in [-0.25, -0.2) is 15.0 Å². The predicted octanol–water partition coefficient (Wildman–Crippen LogP) is 4.44. The van der Waals surface area contributed by atoms with Crippen molar-refractivity contribution in [1.29, 1.82) is 0 Å². The van der Waals surface area contributed by atoms with E-state index in [0.717, 1.165) is 28.7 Å². The largest absolute Gasteiger partial charge is 0.382 e. The van der Waals surface area contributed by atoms with E-state index in [9.17, 15) is 14.4 Å². The Morgan fingerprint density at radius 1 is 1.04 bits per heavy atom. The minimum atomic E-state index is -0.721. The molecule has 2 aliphatic rings. The van der Waals surface area contributed by atoms with E-state index in [1.807, 2.05) is 39.0 Å². The number of benzene rings is 1. The van der Waals surface area contributed by atoms with Crippen LogP contribution in [0.3, 0.4) is 0 Å². The molecule has 2 amide bonds. The molecule has 240 valence electrons. The number of likely N-dealkylation sites (tertiary alicyclic amines) is 1. The number of hydrogen-bond donors (Lipinski definition) is 1. The van der Waals surface area contributed by atoms with Gasteiger partial charge in [-0.1, -0.05) is 6.07 Å². The van der Waals surface area contributed by atoms with Crippen LogP contribution in [0.4, 0.5) is 5.82 Å². The van der Waals surface area contributed by atoms with Crippen LogP contribution in [-0.2, 0) is 25.6 Å². The van der Waals surface area contributed by atoms with Gasteiger partial charge in [-0.3, -0.25) is 19.1 Å². The lowest BCUT2D eigenvalue weighted by molar-refractivity contribution is -0.138. The average molecular weight is 691 g/mol. The molecule has 2 fully saturated rings. The van der Waals surface area contributed by atoms with Crippen molar-refractivity contribution in [1.82, 2.24) is 29.6 Å². The van der Waals surface area contributed by atoms with Gasteiger partial charge in [-0.2, -0.15) is 5.10 Å². The van der Waals surface area contributed by atoms with Crippen molar-refractivity contribution in [3.63, 3.8) is 0 Å². The number of carbonyl (C=O) groups is 3. The Labute approximate surface area is 275 Å². The molecule has 13 heteroatoms. The molecule has 1 aliphatic carbocycles. The fourth-order valence-electron chi connectivity index (χ4n) is 6.49. The Kier molecular flexibility index (Phi) is 8.75. The van der Waals surface area contributed by atoms with Crippen LogP contribution in [0.5, 0.6) is 0 Å². The molecule has 1 saturated carbocycles. The molecular weight excluding hydrogens is 654 g/mol. The first-order valence-corrected chi connectivity index (χ1v) is 15.9. The second-order valence-electron chi connectivity index (χ2n) is 12.2. The monoisotopic (exact) mass is 689 g/mol. The molecule has 1 saturated heterocycles. The van der Waals surface area contributed by atoms with Gasteiger partial charge >= 0.3 is 0 Å². The van der Waals surface area contributed by atoms with E-state index in [1.165, 1.54) is 6.92 Å². The Hall–Kier alpha value is -4.07. The number of hydrogen-bond acceptors (Lipinski definition) is 9. The number of nitrogens with one attached hydrogen (secondary N) is 1. The number of aromatic nitrogens is 5. The van der Waals surface area contributed by atoms with Crippen molar-refractivity contribution in [2.24, 2.45) is 5.41 Å². The number of methoxy groups -OCH3 is 1. The van der Waals surface area contributed by atoms with Crippen LogP contribution < -0.4 is 5.32 Å². The van der Waals surface area contributed by atoms with E-state index in [4.69, 9.17) is 9.47 Å². The van der Waals surface area contributed by atoms with Crippen LogP contribution in [0, 0.1) is 26.2 Å². The third-order valence-corrected chi connectivity index (χ3v) is 9.34. The van der Waals surface area contributed by atoms with Crippen molar-refractivity contribution in [3.8, 4) is 11.1 Å². The summed E-state index contributed by atoms with van der Waals surface area (Å²) in [5.74, 6) is 0.331.